The minimum Gasteiger partial charge on any atom is -0.739 e. The molecular formula is C28H30N8O3. The number of nitrogens with one attached hydrogen (secondary N) is 3. The van der Waals surface area contributed by atoms with Crippen LogP contribution in [0, 0.1) is 24.3 Å². The van der Waals surface area contributed by atoms with Gasteiger partial charge in [-0.25, -0.2) is 14.7 Å². The number of nitrogens with zero attached hydrogens (tertiary/aromatic N) is 5. The summed E-state index contributed by atoms with van der Waals surface area (Å²) in [5, 5.41) is 37.7. The summed E-state index contributed by atoms with van der Waals surface area (Å²) < 4.78 is 0.651. The Morgan fingerprint density at radius 1 is 0.846 bits per heavy atom. The van der Waals surface area contributed by atoms with E-state index in [2.05, 4.69) is 26.0 Å². The molecule has 0 saturated carbocycles. The Morgan fingerprint density at radius 3 is 2.41 bits per heavy atom. The third-order valence-electron chi connectivity index (χ3n) is 6.50. The van der Waals surface area contributed by atoms with Crippen molar-refractivity contribution in [2.24, 2.45) is 0 Å². The van der Waals surface area contributed by atoms with Gasteiger partial charge in [0, 0.05) is 17.5 Å². The predicted octanol–water partition coefficient (Wildman–Crippen LogP) is 2.43. The molecule has 0 aliphatic rings. The molecule has 0 aliphatic heterocycles. The van der Waals surface area contributed by atoms with E-state index >= 15 is 0 Å². The van der Waals surface area contributed by atoms with Gasteiger partial charge in [0.25, 0.3) is 11.4 Å². The summed E-state index contributed by atoms with van der Waals surface area (Å²) in [6.07, 6.45) is 1.47. The van der Waals surface area contributed by atoms with Crippen LogP contribution < -0.4 is 25.5 Å². The van der Waals surface area contributed by atoms with E-state index in [1.54, 1.807) is 24.3 Å². The fourth-order valence-electron chi connectivity index (χ4n) is 4.45. The molecule has 5 aromatic rings. The van der Waals surface area contributed by atoms with Gasteiger partial charge in [-0.2, -0.15) is 0 Å². The van der Waals surface area contributed by atoms with Crippen LogP contribution in [0.2, 0.25) is 0 Å². The van der Waals surface area contributed by atoms with Crippen molar-refractivity contribution in [1.29, 1.82) is 0 Å². The van der Waals surface area contributed by atoms with Gasteiger partial charge in [-0.05, 0) is 75.2 Å². The highest BCUT2D eigenvalue weighted by molar-refractivity contribution is 6.06. The Morgan fingerprint density at radius 2 is 1.59 bits per heavy atom. The molecule has 3 N–H and O–H groups in total. The first-order valence-electron chi connectivity index (χ1n) is 12.9. The van der Waals surface area contributed by atoms with Gasteiger partial charge >= 0.3 is 5.95 Å². The van der Waals surface area contributed by atoms with E-state index in [4.69, 9.17) is 4.98 Å². The van der Waals surface area contributed by atoms with Gasteiger partial charge in [0.05, 0.1) is 28.7 Å². The molecule has 11 heteroatoms. The molecule has 0 saturated heterocycles. The van der Waals surface area contributed by atoms with Crippen molar-refractivity contribution in [2.45, 2.75) is 26.7 Å². The molecular weight excluding hydrogens is 496 g/mol. The van der Waals surface area contributed by atoms with Crippen LogP contribution in [-0.2, 0) is 0 Å². The minimum atomic E-state index is -0.174. The van der Waals surface area contributed by atoms with Gasteiger partial charge < -0.3 is 21.0 Å². The fourth-order valence-corrected chi connectivity index (χ4v) is 4.45. The molecule has 0 unspecified atom stereocenters. The van der Waals surface area contributed by atoms with Crippen molar-refractivity contribution >= 4 is 45.0 Å². The molecule has 0 spiro atoms. The van der Waals surface area contributed by atoms with Crippen molar-refractivity contribution in [1.82, 2.24) is 25.7 Å². The van der Waals surface area contributed by atoms with Gasteiger partial charge in [0.2, 0.25) is 5.10 Å². The van der Waals surface area contributed by atoms with E-state index in [-0.39, 0.29) is 22.9 Å². The first-order chi connectivity index (χ1) is 18.9. The first kappa shape index (κ1) is 26.0. The summed E-state index contributed by atoms with van der Waals surface area (Å²) in [7, 11) is 0. The Bertz CT molecular complexity index is 1670. The second kappa shape index (κ2) is 11.4. The number of carbonyl (C=O) groups is 1. The summed E-state index contributed by atoms with van der Waals surface area (Å²) in [6, 6.07) is 16.3. The predicted molar refractivity (Wildman–Crippen MR) is 149 cm³/mol. The van der Waals surface area contributed by atoms with Crippen LogP contribution in [0.4, 0.5) is 5.95 Å². The molecule has 3 aromatic carbocycles. The van der Waals surface area contributed by atoms with Crippen LogP contribution in [0.25, 0.3) is 33.1 Å². The maximum atomic E-state index is 12.9. The van der Waals surface area contributed by atoms with Crippen LogP contribution in [0.15, 0.2) is 54.6 Å². The first-order valence-corrected chi connectivity index (χ1v) is 12.9. The number of aromatic nitrogens is 5. The van der Waals surface area contributed by atoms with Crippen LogP contribution >= 0.6 is 0 Å². The van der Waals surface area contributed by atoms with E-state index in [1.807, 2.05) is 44.2 Å². The smallest absolute Gasteiger partial charge is 0.460 e. The molecule has 2 aromatic heterocycles. The topological polar surface area (TPSA) is 146 Å². The number of para-hydroxylation sites is 2. The van der Waals surface area contributed by atoms with Crippen molar-refractivity contribution in [3.63, 3.8) is 0 Å². The standard InChI is InChI=1S/C28H30N8O3/c1-18-11-12-23-24(17-18)35(38)28(34-36(23)39)31-16-6-14-29-13-5-15-30-27(37)20-8-4-10-22-26(20)33-25-19(2)7-3-9-21(25)32-22/h3-4,7-12,17,29H,5-6,13-16H2,1-2H3,(H,30,37)(H,31,34). The number of benzene rings is 3. The van der Waals surface area contributed by atoms with E-state index in [0.717, 1.165) is 41.5 Å². The quantitative estimate of drug-likeness (QED) is 0.109. The van der Waals surface area contributed by atoms with E-state index in [1.165, 1.54) is 0 Å². The molecule has 2 heterocycles. The molecule has 200 valence electrons. The Balaban J connectivity index is 1.06. The van der Waals surface area contributed by atoms with Crippen LogP contribution in [0.5, 0.6) is 0 Å². The van der Waals surface area contributed by atoms with Gasteiger partial charge in [-0.1, -0.05) is 24.3 Å². The highest BCUT2D eigenvalue weighted by atomic mass is 16.5. The van der Waals surface area contributed by atoms with Gasteiger partial charge in [-0.3, -0.25) is 10.1 Å². The summed E-state index contributed by atoms with van der Waals surface area (Å²) in [6.45, 7) is 6.26. The maximum absolute atomic E-state index is 12.9. The number of rotatable bonds is 10. The Kier molecular flexibility index (Phi) is 7.60. The average molecular weight is 527 g/mol. The normalized spacial score (nSPS) is 11.3. The lowest BCUT2D eigenvalue weighted by molar-refractivity contribution is -0.672. The average Bonchev–Trinajstić information content (AvgIpc) is 2.93. The van der Waals surface area contributed by atoms with Gasteiger partial charge in [0.1, 0.15) is 5.52 Å². The number of carbonyl (C=O) groups excluding carboxylic acids is 1. The summed E-state index contributed by atoms with van der Waals surface area (Å²) in [5.74, 6) is -0.196. The summed E-state index contributed by atoms with van der Waals surface area (Å²) in [4.78, 5) is 22.8. The largest absolute Gasteiger partial charge is 0.739 e. The molecule has 0 fully saturated rings. The van der Waals surface area contributed by atoms with Crippen LogP contribution in [-0.4, -0.2) is 47.2 Å². The van der Waals surface area contributed by atoms with Crippen LogP contribution in [0.3, 0.4) is 0 Å². The molecule has 1 amide bonds. The number of aryl methyl sites for hydroxylation is 2. The number of hydrogen-bond donors (Lipinski definition) is 3. The van der Waals surface area contributed by atoms with Crippen molar-refractivity contribution in [2.75, 3.05) is 31.5 Å². The maximum Gasteiger partial charge on any atom is 0.460 e. The number of anilines is 1. The zero-order chi connectivity index (χ0) is 27.4. The molecule has 39 heavy (non-hydrogen) atoms. The SMILES string of the molecule is Cc1ccc2c(c1)[n+]([O-])c(NCCCNCCCNC(=O)c1cccc3nc4cccc(C)c4nc13)n[n+]2[O-]. The lowest BCUT2D eigenvalue weighted by atomic mass is 10.1. The minimum absolute atomic E-state index is 0.0212. The number of hydrogen-bond acceptors (Lipinski definition) is 8. The third-order valence-corrected chi connectivity index (χ3v) is 6.50. The summed E-state index contributed by atoms with van der Waals surface area (Å²) >= 11 is 0. The molecule has 5 rings (SSSR count). The second-order valence-electron chi connectivity index (χ2n) is 9.46. The third kappa shape index (κ3) is 5.63. The molecule has 0 bridgehead atoms. The van der Waals surface area contributed by atoms with E-state index < -0.39 is 0 Å². The number of amides is 1. The van der Waals surface area contributed by atoms with Crippen LogP contribution in [0.1, 0.15) is 34.3 Å². The van der Waals surface area contributed by atoms with Gasteiger partial charge in [0.15, 0.2) is 5.52 Å². The van der Waals surface area contributed by atoms with Gasteiger partial charge in [-0.15, -0.1) is 0 Å². The van der Waals surface area contributed by atoms with E-state index in [9.17, 15) is 15.2 Å². The Labute approximate surface area is 225 Å². The molecule has 0 radical (unpaired) electrons. The summed E-state index contributed by atoms with van der Waals surface area (Å²) in [5.41, 5.74) is 5.82. The monoisotopic (exact) mass is 526 g/mol. The van der Waals surface area contributed by atoms with Crippen molar-refractivity contribution < 1.29 is 14.4 Å². The molecule has 11 nitrogen and oxygen atoms in total. The number of fused-ring (bicyclic) bond motifs is 3. The molecule has 0 atom stereocenters. The lowest BCUT2D eigenvalue weighted by Crippen LogP contribution is -2.44. The Hall–Kier alpha value is -4.64. The van der Waals surface area contributed by atoms with E-state index in [0.29, 0.717) is 45.8 Å². The fraction of sp³-hybridized carbons (Fsp3) is 0.286. The zero-order valence-corrected chi connectivity index (χ0v) is 21.9. The highest BCUT2D eigenvalue weighted by Gasteiger charge is 2.19. The second-order valence-corrected chi connectivity index (χ2v) is 9.46. The zero-order valence-electron chi connectivity index (χ0n) is 21.9. The van der Waals surface area contributed by atoms with Crippen molar-refractivity contribution in [3.8, 4) is 0 Å². The van der Waals surface area contributed by atoms with Crippen molar-refractivity contribution in [3.05, 3.63) is 81.7 Å². The molecule has 0 aliphatic carbocycles. The highest BCUT2D eigenvalue weighted by Crippen LogP contribution is 2.21. The lowest BCUT2D eigenvalue weighted by Gasteiger charge is -2.11.